The first kappa shape index (κ1) is 19.6. The second-order valence-corrected chi connectivity index (χ2v) is 9.40. The van der Waals surface area contributed by atoms with Crippen molar-refractivity contribution < 1.29 is 14.3 Å². The second-order valence-electron chi connectivity index (χ2n) is 9.40. The van der Waals surface area contributed by atoms with Gasteiger partial charge in [-0.25, -0.2) is 0 Å². The predicted octanol–water partition coefficient (Wildman–Crippen LogP) is 5.79. The average Bonchev–Trinajstić information content (AvgIpc) is 3.03. The first-order valence-electron chi connectivity index (χ1n) is 11.1. The molecule has 0 saturated heterocycles. The molecule has 3 aliphatic carbocycles. The Balaban J connectivity index is 1.42. The van der Waals surface area contributed by atoms with E-state index in [1.54, 1.807) is 7.11 Å². The molecule has 0 N–H and O–H groups in total. The van der Waals surface area contributed by atoms with Crippen LogP contribution >= 0.6 is 0 Å². The van der Waals surface area contributed by atoms with Gasteiger partial charge in [0.05, 0.1) is 0 Å². The smallest absolute Gasteiger partial charge is 0.188 e. The van der Waals surface area contributed by atoms with Gasteiger partial charge >= 0.3 is 0 Å². The Labute approximate surface area is 179 Å². The van der Waals surface area contributed by atoms with E-state index in [0.717, 1.165) is 49.0 Å². The Morgan fingerprint density at radius 1 is 1.13 bits per heavy atom. The summed E-state index contributed by atoms with van der Waals surface area (Å²) in [7, 11) is 1.64. The first-order chi connectivity index (χ1) is 14.6. The van der Waals surface area contributed by atoms with Crippen molar-refractivity contribution in [1.29, 1.82) is 0 Å². The number of benzene rings is 2. The number of hydrogen-bond donors (Lipinski definition) is 0. The third kappa shape index (κ3) is 3.20. The van der Waals surface area contributed by atoms with Gasteiger partial charge in [0, 0.05) is 12.5 Å². The van der Waals surface area contributed by atoms with E-state index < -0.39 is 0 Å². The van der Waals surface area contributed by atoms with Crippen LogP contribution in [-0.4, -0.2) is 19.7 Å². The summed E-state index contributed by atoms with van der Waals surface area (Å²) in [6, 6.07) is 16.8. The van der Waals surface area contributed by atoms with Crippen LogP contribution in [0.3, 0.4) is 0 Å². The van der Waals surface area contributed by atoms with Crippen molar-refractivity contribution in [2.24, 2.45) is 17.3 Å². The second kappa shape index (κ2) is 7.70. The Kier molecular flexibility index (Phi) is 5.02. The number of rotatable bonds is 4. The lowest BCUT2D eigenvalue weighted by atomic mass is 9.55. The molecule has 0 radical (unpaired) electrons. The normalized spacial score (nSPS) is 31.2. The van der Waals surface area contributed by atoms with E-state index in [-0.39, 0.29) is 12.2 Å². The summed E-state index contributed by atoms with van der Waals surface area (Å²) in [6.07, 6.45) is 7.39. The minimum atomic E-state index is -0.194. The van der Waals surface area contributed by atoms with Gasteiger partial charge in [-0.3, -0.25) is 4.79 Å². The number of fused-ring (bicyclic) bond motifs is 5. The molecule has 2 fully saturated rings. The van der Waals surface area contributed by atoms with Gasteiger partial charge < -0.3 is 9.47 Å². The molecule has 30 heavy (non-hydrogen) atoms. The predicted molar refractivity (Wildman–Crippen MR) is 118 cm³/mol. The number of Topliss-reactive ketones (excluding diaryl/α,β-unsaturated/α-hetero) is 1. The molecule has 0 amide bonds. The van der Waals surface area contributed by atoms with Crippen LogP contribution < -0.4 is 4.74 Å². The van der Waals surface area contributed by atoms with Crippen molar-refractivity contribution in [3.63, 3.8) is 0 Å². The SMILES string of the molecule is COCOc1ccc2c(c1)CC[C@@H]1[C@@H]2CC[C@]2(C)C(=O)/C(=C/c3ccccc3)C[C@@H]12. The van der Waals surface area contributed by atoms with Crippen LogP contribution in [0.25, 0.3) is 6.08 Å². The zero-order chi connectivity index (χ0) is 20.7. The maximum atomic E-state index is 13.4. The minimum absolute atomic E-state index is 0.194. The Morgan fingerprint density at radius 3 is 2.77 bits per heavy atom. The Hall–Kier alpha value is -2.39. The molecule has 0 unspecified atom stereocenters. The van der Waals surface area contributed by atoms with E-state index >= 15 is 0 Å². The summed E-state index contributed by atoms with van der Waals surface area (Å²) in [4.78, 5) is 13.4. The van der Waals surface area contributed by atoms with Crippen molar-refractivity contribution in [2.75, 3.05) is 13.9 Å². The lowest BCUT2D eigenvalue weighted by molar-refractivity contribution is -0.127. The highest BCUT2D eigenvalue weighted by Crippen LogP contribution is 2.60. The van der Waals surface area contributed by atoms with Gasteiger partial charge in [0.1, 0.15) is 5.75 Å². The van der Waals surface area contributed by atoms with E-state index in [2.05, 4.69) is 43.3 Å². The Morgan fingerprint density at radius 2 is 1.97 bits per heavy atom. The van der Waals surface area contributed by atoms with Crippen molar-refractivity contribution in [3.05, 3.63) is 70.8 Å². The summed E-state index contributed by atoms with van der Waals surface area (Å²) in [6.45, 7) is 2.52. The lowest BCUT2D eigenvalue weighted by Gasteiger charge is -2.48. The largest absolute Gasteiger partial charge is 0.468 e. The molecule has 4 atom stereocenters. The number of ketones is 1. The summed E-state index contributed by atoms with van der Waals surface area (Å²) < 4.78 is 10.7. The molecule has 5 rings (SSSR count). The van der Waals surface area contributed by atoms with Crippen molar-refractivity contribution >= 4 is 11.9 Å². The number of ether oxygens (including phenoxy) is 2. The number of hydrogen-bond acceptors (Lipinski definition) is 3. The van der Waals surface area contributed by atoms with Crippen molar-refractivity contribution in [1.82, 2.24) is 0 Å². The maximum Gasteiger partial charge on any atom is 0.188 e. The van der Waals surface area contributed by atoms with Crippen molar-refractivity contribution in [3.8, 4) is 5.75 Å². The van der Waals surface area contributed by atoms with E-state index in [0.29, 0.717) is 23.5 Å². The zero-order valence-electron chi connectivity index (χ0n) is 17.9. The van der Waals surface area contributed by atoms with Crippen LogP contribution in [0.1, 0.15) is 55.2 Å². The first-order valence-corrected chi connectivity index (χ1v) is 11.1. The average molecular weight is 403 g/mol. The van der Waals surface area contributed by atoms with Gasteiger partial charge in [-0.15, -0.1) is 0 Å². The molecule has 0 heterocycles. The number of aryl methyl sites for hydroxylation is 1. The fourth-order valence-corrected chi connectivity index (χ4v) is 6.33. The zero-order valence-corrected chi connectivity index (χ0v) is 17.9. The fraction of sp³-hybridized carbons (Fsp3) is 0.444. The molecular weight excluding hydrogens is 372 g/mol. The van der Waals surface area contributed by atoms with Crippen LogP contribution in [-0.2, 0) is 16.0 Å². The Bertz CT molecular complexity index is 977. The van der Waals surface area contributed by atoms with E-state index in [1.807, 2.05) is 18.2 Å². The third-order valence-electron chi connectivity index (χ3n) is 7.82. The highest BCUT2D eigenvalue weighted by molar-refractivity contribution is 6.06. The highest BCUT2D eigenvalue weighted by Gasteiger charge is 2.56. The van der Waals surface area contributed by atoms with Gasteiger partial charge in [-0.05, 0) is 90.3 Å². The lowest BCUT2D eigenvalue weighted by Crippen LogP contribution is -2.42. The van der Waals surface area contributed by atoms with E-state index in [4.69, 9.17) is 9.47 Å². The molecule has 3 aliphatic rings. The minimum Gasteiger partial charge on any atom is -0.468 e. The molecule has 2 aromatic rings. The van der Waals surface area contributed by atoms with E-state index in [1.165, 1.54) is 11.1 Å². The van der Waals surface area contributed by atoms with Crippen LogP contribution in [0, 0.1) is 17.3 Å². The molecule has 3 heteroatoms. The summed E-state index contributed by atoms with van der Waals surface area (Å²) in [5.74, 6) is 2.89. The standard InChI is InChI=1S/C27H30O3/c1-27-13-12-23-22-11-9-21(30-17-29-2)15-19(22)8-10-24(23)25(27)16-20(26(27)28)14-18-6-4-3-5-7-18/h3-7,9,11,14-15,23-25H,8,10,12-13,16-17H2,1-2H3/b20-14+/t23-,24-,25+,27+/m1/s1. The van der Waals surface area contributed by atoms with Gasteiger partial charge in [0.15, 0.2) is 12.6 Å². The van der Waals surface area contributed by atoms with Gasteiger partial charge in [0.25, 0.3) is 0 Å². The molecule has 0 aliphatic heterocycles. The number of carbonyl (C=O) groups is 1. The topological polar surface area (TPSA) is 35.5 Å². The molecule has 2 saturated carbocycles. The quantitative estimate of drug-likeness (QED) is 0.480. The molecular formula is C27H30O3. The number of carbonyl (C=O) groups excluding carboxylic acids is 1. The van der Waals surface area contributed by atoms with Crippen LogP contribution in [0.15, 0.2) is 54.1 Å². The highest BCUT2D eigenvalue weighted by atomic mass is 16.7. The summed E-state index contributed by atoms with van der Waals surface area (Å²) >= 11 is 0. The monoisotopic (exact) mass is 402 g/mol. The van der Waals surface area contributed by atoms with E-state index in [9.17, 15) is 4.79 Å². The van der Waals surface area contributed by atoms with Crippen molar-refractivity contribution in [2.45, 2.75) is 44.9 Å². The molecule has 3 nitrogen and oxygen atoms in total. The third-order valence-corrected chi connectivity index (χ3v) is 7.82. The number of methoxy groups -OCH3 is 1. The summed E-state index contributed by atoms with van der Waals surface area (Å²) in [5, 5.41) is 0. The molecule has 0 aromatic heterocycles. The van der Waals surface area contributed by atoms with Gasteiger partial charge in [-0.2, -0.15) is 0 Å². The molecule has 2 aromatic carbocycles. The maximum absolute atomic E-state index is 13.4. The van der Waals surface area contributed by atoms with Crippen LogP contribution in [0.2, 0.25) is 0 Å². The number of allylic oxidation sites excluding steroid dienone is 1. The summed E-state index contributed by atoms with van der Waals surface area (Å²) in [5.41, 5.74) is 4.87. The fourth-order valence-electron chi connectivity index (χ4n) is 6.33. The van der Waals surface area contributed by atoms with Crippen LogP contribution in [0.4, 0.5) is 0 Å². The molecule has 156 valence electrons. The van der Waals surface area contributed by atoms with Gasteiger partial charge in [-0.1, -0.05) is 43.3 Å². The molecule has 0 bridgehead atoms. The van der Waals surface area contributed by atoms with Crippen LogP contribution in [0.5, 0.6) is 5.75 Å². The molecule has 0 spiro atoms. The van der Waals surface area contributed by atoms with Gasteiger partial charge in [0.2, 0.25) is 0 Å².